The van der Waals surface area contributed by atoms with Crippen LogP contribution in [0.2, 0.25) is 0 Å². The molecule has 1 aromatic heterocycles. The first-order valence-corrected chi connectivity index (χ1v) is 9.56. The highest BCUT2D eigenvalue weighted by Gasteiger charge is 2.32. The number of imidazole rings is 1. The van der Waals surface area contributed by atoms with Gasteiger partial charge < -0.3 is 14.2 Å². The molecule has 1 amide bonds. The van der Waals surface area contributed by atoms with Gasteiger partial charge in [-0.05, 0) is 11.5 Å². The zero-order valence-electron chi connectivity index (χ0n) is 16.0. The SMILES string of the molecule is CCc1nccn1CCC(=O)N1C[C@@H](c2ccccc2)O[C@@H](C(C)C)C1. The Morgan fingerprint density at radius 3 is 2.73 bits per heavy atom. The quantitative estimate of drug-likeness (QED) is 0.797. The van der Waals surface area contributed by atoms with E-state index in [0.717, 1.165) is 17.8 Å². The van der Waals surface area contributed by atoms with Crippen LogP contribution in [0, 0.1) is 5.92 Å². The standard InChI is InChI=1S/C21H29N3O2/c1-4-20-22-11-13-23(20)12-10-21(25)24-14-18(16(2)3)26-19(15-24)17-8-6-5-7-9-17/h5-9,11,13,16,18-19H,4,10,12,14-15H2,1-3H3/t18-,19+/m1/s1. The van der Waals surface area contributed by atoms with Crippen molar-refractivity contribution in [3.63, 3.8) is 0 Å². The Morgan fingerprint density at radius 2 is 2.04 bits per heavy atom. The maximum absolute atomic E-state index is 12.9. The van der Waals surface area contributed by atoms with Crippen LogP contribution in [0.15, 0.2) is 42.7 Å². The van der Waals surface area contributed by atoms with Crippen LogP contribution < -0.4 is 0 Å². The lowest BCUT2D eigenvalue weighted by atomic mass is 10.0. The molecule has 0 saturated carbocycles. The molecule has 2 atom stereocenters. The molecule has 5 heteroatoms. The van der Waals surface area contributed by atoms with Gasteiger partial charge in [0.15, 0.2) is 0 Å². The van der Waals surface area contributed by atoms with Gasteiger partial charge in [0.25, 0.3) is 0 Å². The Hall–Kier alpha value is -2.14. The topological polar surface area (TPSA) is 47.4 Å². The average molecular weight is 355 g/mol. The Kier molecular flexibility index (Phi) is 6.09. The third-order valence-electron chi connectivity index (χ3n) is 5.08. The van der Waals surface area contributed by atoms with Gasteiger partial charge in [-0.3, -0.25) is 4.79 Å². The number of carbonyl (C=O) groups is 1. The summed E-state index contributed by atoms with van der Waals surface area (Å²) in [4.78, 5) is 19.2. The second-order valence-electron chi connectivity index (χ2n) is 7.26. The van der Waals surface area contributed by atoms with E-state index in [2.05, 4.69) is 42.5 Å². The molecule has 1 aromatic carbocycles. The Labute approximate surface area is 156 Å². The summed E-state index contributed by atoms with van der Waals surface area (Å²) in [5.74, 6) is 1.59. The molecule has 0 radical (unpaired) electrons. The molecule has 2 heterocycles. The summed E-state index contributed by atoms with van der Waals surface area (Å²) < 4.78 is 8.37. The fraction of sp³-hybridized carbons (Fsp3) is 0.524. The summed E-state index contributed by atoms with van der Waals surface area (Å²) in [5, 5.41) is 0. The van der Waals surface area contributed by atoms with E-state index < -0.39 is 0 Å². The summed E-state index contributed by atoms with van der Waals surface area (Å²) in [5.41, 5.74) is 1.14. The highest BCUT2D eigenvalue weighted by Crippen LogP contribution is 2.28. The van der Waals surface area contributed by atoms with Crippen LogP contribution >= 0.6 is 0 Å². The van der Waals surface area contributed by atoms with Gasteiger partial charge in [0.2, 0.25) is 5.91 Å². The van der Waals surface area contributed by atoms with Crippen molar-refractivity contribution in [1.82, 2.24) is 14.5 Å². The molecule has 0 bridgehead atoms. The third-order valence-corrected chi connectivity index (χ3v) is 5.08. The smallest absolute Gasteiger partial charge is 0.224 e. The van der Waals surface area contributed by atoms with E-state index in [4.69, 9.17) is 4.74 Å². The van der Waals surface area contributed by atoms with Crippen molar-refractivity contribution >= 4 is 5.91 Å². The van der Waals surface area contributed by atoms with Crippen molar-refractivity contribution in [1.29, 1.82) is 0 Å². The zero-order valence-corrected chi connectivity index (χ0v) is 16.0. The molecule has 1 saturated heterocycles. The summed E-state index contributed by atoms with van der Waals surface area (Å²) >= 11 is 0. The number of aryl methyl sites for hydroxylation is 2. The zero-order chi connectivity index (χ0) is 18.5. The third kappa shape index (κ3) is 4.33. The minimum absolute atomic E-state index is 0.0549. The summed E-state index contributed by atoms with van der Waals surface area (Å²) in [7, 11) is 0. The second kappa shape index (κ2) is 8.49. The van der Waals surface area contributed by atoms with E-state index in [1.54, 1.807) is 6.20 Å². The predicted octanol–water partition coefficient (Wildman–Crippen LogP) is 3.46. The molecule has 0 N–H and O–H groups in total. The summed E-state index contributed by atoms with van der Waals surface area (Å²) in [6, 6.07) is 10.2. The average Bonchev–Trinajstić information content (AvgIpc) is 3.14. The van der Waals surface area contributed by atoms with Gasteiger partial charge in [-0.2, -0.15) is 0 Å². The van der Waals surface area contributed by atoms with Crippen LogP contribution in [0.3, 0.4) is 0 Å². The number of aromatic nitrogens is 2. The molecular formula is C21H29N3O2. The first-order chi connectivity index (χ1) is 12.6. The Morgan fingerprint density at radius 1 is 1.27 bits per heavy atom. The molecule has 3 rings (SSSR count). The number of carbonyl (C=O) groups excluding carboxylic acids is 1. The molecule has 5 nitrogen and oxygen atoms in total. The van der Waals surface area contributed by atoms with Crippen molar-refractivity contribution < 1.29 is 9.53 Å². The molecule has 0 spiro atoms. The summed E-state index contributed by atoms with van der Waals surface area (Å²) in [6.07, 6.45) is 5.14. The van der Waals surface area contributed by atoms with Gasteiger partial charge in [0, 0.05) is 38.3 Å². The van der Waals surface area contributed by atoms with Gasteiger partial charge in [-0.15, -0.1) is 0 Å². The minimum atomic E-state index is -0.0549. The van der Waals surface area contributed by atoms with Crippen LogP contribution in [0.5, 0.6) is 0 Å². The minimum Gasteiger partial charge on any atom is -0.366 e. The molecule has 1 aliphatic rings. The normalized spacial score (nSPS) is 20.5. The van der Waals surface area contributed by atoms with Crippen LogP contribution in [0.4, 0.5) is 0 Å². The molecule has 26 heavy (non-hydrogen) atoms. The fourth-order valence-electron chi connectivity index (χ4n) is 3.44. The Balaban J connectivity index is 1.67. The van der Waals surface area contributed by atoms with E-state index in [0.29, 0.717) is 32.0 Å². The first kappa shape index (κ1) is 18.6. The number of hydrogen-bond acceptors (Lipinski definition) is 3. The highest BCUT2D eigenvalue weighted by atomic mass is 16.5. The van der Waals surface area contributed by atoms with Crippen molar-refractivity contribution in [2.24, 2.45) is 5.92 Å². The fourth-order valence-corrected chi connectivity index (χ4v) is 3.44. The van der Waals surface area contributed by atoms with E-state index >= 15 is 0 Å². The van der Waals surface area contributed by atoms with Gasteiger partial charge in [-0.1, -0.05) is 51.1 Å². The molecule has 140 valence electrons. The highest BCUT2D eigenvalue weighted by molar-refractivity contribution is 5.76. The lowest BCUT2D eigenvalue weighted by Crippen LogP contribution is -2.48. The first-order valence-electron chi connectivity index (χ1n) is 9.56. The van der Waals surface area contributed by atoms with Crippen LogP contribution in [-0.4, -0.2) is 39.6 Å². The maximum Gasteiger partial charge on any atom is 0.224 e. The van der Waals surface area contributed by atoms with E-state index in [1.165, 1.54) is 0 Å². The number of amides is 1. The van der Waals surface area contributed by atoms with Crippen LogP contribution in [0.1, 0.15) is 44.7 Å². The van der Waals surface area contributed by atoms with Crippen molar-refractivity contribution in [3.05, 3.63) is 54.1 Å². The second-order valence-corrected chi connectivity index (χ2v) is 7.26. The maximum atomic E-state index is 12.9. The largest absolute Gasteiger partial charge is 0.366 e. The Bertz CT molecular complexity index is 711. The van der Waals surface area contributed by atoms with Gasteiger partial charge in [-0.25, -0.2) is 4.98 Å². The molecule has 2 aromatic rings. The van der Waals surface area contributed by atoms with Crippen molar-refractivity contribution in [2.45, 2.75) is 52.4 Å². The number of rotatable bonds is 6. The van der Waals surface area contributed by atoms with E-state index in [9.17, 15) is 4.79 Å². The molecule has 1 fully saturated rings. The number of nitrogens with zero attached hydrogens (tertiary/aromatic N) is 3. The number of ether oxygens (including phenoxy) is 1. The van der Waals surface area contributed by atoms with Gasteiger partial charge in [0.1, 0.15) is 11.9 Å². The van der Waals surface area contributed by atoms with Crippen LogP contribution in [-0.2, 0) is 22.5 Å². The lowest BCUT2D eigenvalue weighted by molar-refractivity contribution is -0.150. The number of benzene rings is 1. The molecule has 0 unspecified atom stereocenters. The number of morpholine rings is 1. The van der Waals surface area contributed by atoms with Gasteiger partial charge in [0.05, 0.1) is 12.6 Å². The van der Waals surface area contributed by atoms with Crippen molar-refractivity contribution in [2.75, 3.05) is 13.1 Å². The summed E-state index contributed by atoms with van der Waals surface area (Å²) in [6.45, 7) is 8.36. The molecule has 1 aliphatic heterocycles. The van der Waals surface area contributed by atoms with E-state index in [1.807, 2.05) is 29.3 Å². The van der Waals surface area contributed by atoms with Crippen LogP contribution in [0.25, 0.3) is 0 Å². The molecule has 0 aliphatic carbocycles. The van der Waals surface area contributed by atoms with Gasteiger partial charge >= 0.3 is 0 Å². The monoisotopic (exact) mass is 355 g/mol. The van der Waals surface area contributed by atoms with Crippen molar-refractivity contribution in [3.8, 4) is 0 Å². The predicted molar refractivity (Wildman–Crippen MR) is 102 cm³/mol. The molecular weight excluding hydrogens is 326 g/mol. The van der Waals surface area contributed by atoms with E-state index in [-0.39, 0.29) is 18.1 Å². The number of hydrogen-bond donors (Lipinski definition) is 0. The lowest BCUT2D eigenvalue weighted by Gasteiger charge is -2.40.